The minimum absolute atomic E-state index is 0.00272. The fraction of sp³-hybridized carbons (Fsp3) is 0.462. The first kappa shape index (κ1) is 12.2. The third-order valence-electron chi connectivity index (χ3n) is 3.87. The van der Waals surface area contributed by atoms with Crippen LogP contribution in [-0.4, -0.2) is 43.2 Å². The van der Waals surface area contributed by atoms with E-state index in [-0.39, 0.29) is 24.4 Å². The van der Waals surface area contributed by atoms with Gasteiger partial charge in [0, 0.05) is 44.0 Å². The molecule has 0 spiro atoms. The van der Waals surface area contributed by atoms with Gasteiger partial charge in [-0.1, -0.05) is 6.07 Å². The first-order valence-electron chi connectivity index (χ1n) is 6.47. The first-order chi connectivity index (χ1) is 9.20. The topological polar surface area (TPSA) is 61.6 Å². The van der Waals surface area contributed by atoms with Gasteiger partial charge in [0.25, 0.3) is 0 Å². The van der Waals surface area contributed by atoms with Gasteiger partial charge >= 0.3 is 6.03 Å². The molecule has 1 unspecified atom stereocenters. The molecule has 1 aromatic carbocycles. The second-order valence-electron chi connectivity index (χ2n) is 4.92. The molecule has 0 radical (unpaired) electrons. The number of carbonyl (C=O) groups is 1. The van der Waals surface area contributed by atoms with Gasteiger partial charge in [-0.25, -0.2) is 9.18 Å². The van der Waals surface area contributed by atoms with Gasteiger partial charge in [0.15, 0.2) is 0 Å². The number of nitrogens with zero attached hydrogens (tertiary/aromatic N) is 2. The van der Waals surface area contributed by atoms with Crippen molar-refractivity contribution in [2.45, 2.75) is 12.6 Å². The number of nitrogens with one attached hydrogen (secondary N) is 1. The van der Waals surface area contributed by atoms with Crippen LogP contribution >= 0.6 is 0 Å². The Hall–Kier alpha value is -1.82. The Balaban J connectivity index is 1.84. The van der Waals surface area contributed by atoms with Gasteiger partial charge in [-0.2, -0.15) is 0 Å². The van der Waals surface area contributed by atoms with E-state index < -0.39 is 0 Å². The summed E-state index contributed by atoms with van der Waals surface area (Å²) in [6, 6.07) is 5.19. The number of hydrogen-bond acceptors (Lipinski definition) is 3. The van der Waals surface area contributed by atoms with Crippen LogP contribution in [0.5, 0.6) is 0 Å². The number of nitrogens with two attached hydrogens (primary N) is 1. The standard InChI is InChI=1S/C13H17FN4O/c14-11-2-1-3-12(10(11)6-15)17-4-5-18-9(8-17)7-16-13(18)19/h1-3,9H,4-8,15H2,(H,16,19). The van der Waals surface area contributed by atoms with E-state index in [9.17, 15) is 9.18 Å². The molecule has 5 nitrogen and oxygen atoms in total. The molecule has 3 rings (SSSR count). The van der Waals surface area contributed by atoms with Gasteiger partial charge in [-0.15, -0.1) is 0 Å². The van der Waals surface area contributed by atoms with Crippen molar-refractivity contribution in [3.8, 4) is 0 Å². The minimum atomic E-state index is -0.261. The summed E-state index contributed by atoms with van der Waals surface area (Å²) in [5, 5.41) is 2.84. The van der Waals surface area contributed by atoms with Crippen molar-refractivity contribution in [3.63, 3.8) is 0 Å². The van der Waals surface area contributed by atoms with Crippen LogP contribution < -0.4 is 16.0 Å². The average Bonchev–Trinajstić information content (AvgIpc) is 2.79. The highest BCUT2D eigenvalue weighted by Crippen LogP contribution is 2.26. The largest absolute Gasteiger partial charge is 0.367 e. The zero-order chi connectivity index (χ0) is 13.4. The molecular weight excluding hydrogens is 247 g/mol. The van der Waals surface area contributed by atoms with Crippen LogP contribution in [0, 0.1) is 5.82 Å². The number of fused-ring (bicyclic) bond motifs is 1. The lowest BCUT2D eigenvalue weighted by molar-refractivity contribution is 0.197. The number of halogens is 1. The van der Waals surface area contributed by atoms with Crippen molar-refractivity contribution < 1.29 is 9.18 Å². The van der Waals surface area contributed by atoms with Crippen LogP contribution in [0.15, 0.2) is 18.2 Å². The number of urea groups is 1. The molecule has 2 amide bonds. The normalized spacial score (nSPS) is 22.4. The summed E-state index contributed by atoms with van der Waals surface area (Å²) in [5.74, 6) is -0.261. The lowest BCUT2D eigenvalue weighted by Gasteiger charge is -2.38. The summed E-state index contributed by atoms with van der Waals surface area (Å²) < 4.78 is 13.8. The summed E-state index contributed by atoms with van der Waals surface area (Å²) in [7, 11) is 0. The molecular formula is C13H17FN4O. The molecule has 3 N–H and O–H groups in total. The summed E-state index contributed by atoms with van der Waals surface area (Å²) in [6.45, 7) is 2.93. The lowest BCUT2D eigenvalue weighted by Crippen LogP contribution is -2.52. The average molecular weight is 264 g/mol. The zero-order valence-corrected chi connectivity index (χ0v) is 10.6. The highest BCUT2D eigenvalue weighted by Gasteiger charge is 2.35. The van der Waals surface area contributed by atoms with Crippen molar-refractivity contribution >= 4 is 11.7 Å². The van der Waals surface area contributed by atoms with Crippen molar-refractivity contribution in [3.05, 3.63) is 29.6 Å². The molecule has 1 aromatic rings. The molecule has 1 atom stereocenters. The van der Waals surface area contributed by atoms with Crippen LogP contribution in [0.1, 0.15) is 5.56 Å². The van der Waals surface area contributed by atoms with Crippen molar-refractivity contribution in [1.82, 2.24) is 10.2 Å². The van der Waals surface area contributed by atoms with E-state index in [1.807, 2.05) is 11.0 Å². The first-order valence-corrected chi connectivity index (χ1v) is 6.47. The van der Waals surface area contributed by atoms with E-state index in [4.69, 9.17) is 5.73 Å². The molecule has 2 heterocycles. The van der Waals surface area contributed by atoms with Gasteiger partial charge in [0.2, 0.25) is 0 Å². The number of amides is 2. The van der Waals surface area contributed by atoms with Gasteiger partial charge in [-0.3, -0.25) is 0 Å². The smallest absolute Gasteiger partial charge is 0.317 e. The van der Waals surface area contributed by atoms with E-state index in [0.717, 1.165) is 12.2 Å². The Kier molecular flexibility index (Phi) is 3.02. The van der Waals surface area contributed by atoms with E-state index >= 15 is 0 Å². The van der Waals surface area contributed by atoms with Gasteiger partial charge in [-0.05, 0) is 12.1 Å². The SMILES string of the molecule is NCc1c(F)cccc1N1CCN2C(=O)NCC2C1. The molecule has 2 saturated heterocycles. The highest BCUT2D eigenvalue weighted by molar-refractivity contribution is 5.77. The number of piperazine rings is 1. The summed E-state index contributed by atoms with van der Waals surface area (Å²) in [5.41, 5.74) is 7.04. The maximum atomic E-state index is 13.8. The fourth-order valence-electron chi connectivity index (χ4n) is 2.87. The second-order valence-corrected chi connectivity index (χ2v) is 4.92. The van der Waals surface area contributed by atoms with Crippen molar-refractivity contribution in [1.29, 1.82) is 0 Å². The Morgan fingerprint density at radius 3 is 3.05 bits per heavy atom. The van der Waals surface area contributed by atoms with E-state index in [1.165, 1.54) is 6.07 Å². The molecule has 2 fully saturated rings. The monoisotopic (exact) mass is 264 g/mol. The molecule has 6 heteroatoms. The predicted molar refractivity (Wildman–Crippen MR) is 70.4 cm³/mol. The third-order valence-corrected chi connectivity index (χ3v) is 3.87. The highest BCUT2D eigenvalue weighted by atomic mass is 19.1. The van der Waals surface area contributed by atoms with Crippen molar-refractivity contribution in [2.24, 2.45) is 5.73 Å². The van der Waals surface area contributed by atoms with Crippen LogP contribution in [0.4, 0.5) is 14.9 Å². The van der Waals surface area contributed by atoms with E-state index in [2.05, 4.69) is 10.2 Å². The fourth-order valence-corrected chi connectivity index (χ4v) is 2.87. The zero-order valence-electron chi connectivity index (χ0n) is 10.6. The maximum absolute atomic E-state index is 13.8. The Labute approximate surface area is 111 Å². The predicted octanol–water partition coefficient (Wildman–Crippen LogP) is 0.498. The van der Waals surface area contributed by atoms with Gasteiger partial charge < -0.3 is 20.9 Å². The van der Waals surface area contributed by atoms with E-state index in [1.54, 1.807) is 6.07 Å². The Morgan fingerprint density at radius 1 is 1.42 bits per heavy atom. The molecule has 0 saturated carbocycles. The number of rotatable bonds is 2. The molecule has 19 heavy (non-hydrogen) atoms. The van der Waals surface area contributed by atoms with Gasteiger partial charge in [0.1, 0.15) is 5.82 Å². The number of hydrogen-bond donors (Lipinski definition) is 2. The van der Waals surface area contributed by atoms with Crippen LogP contribution in [0.3, 0.4) is 0 Å². The van der Waals surface area contributed by atoms with Crippen LogP contribution in [0.25, 0.3) is 0 Å². The Bertz CT molecular complexity index is 507. The molecule has 102 valence electrons. The van der Waals surface area contributed by atoms with Gasteiger partial charge in [0.05, 0.1) is 6.04 Å². The number of carbonyl (C=O) groups excluding carboxylic acids is 1. The van der Waals surface area contributed by atoms with Crippen LogP contribution in [-0.2, 0) is 6.54 Å². The lowest BCUT2D eigenvalue weighted by atomic mass is 10.1. The maximum Gasteiger partial charge on any atom is 0.317 e. The molecule has 0 aromatic heterocycles. The second kappa shape index (κ2) is 4.70. The minimum Gasteiger partial charge on any atom is -0.367 e. The van der Waals surface area contributed by atoms with E-state index in [0.29, 0.717) is 25.2 Å². The molecule has 2 aliphatic heterocycles. The molecule has 0 bridgehead atoms. The van der Waals surface area contributed by atoms with Crippen molar-refractivity contribution in [2.75, 3.05) is 31.1 Å². The number of benzene rings is 1. The quantitative estimate of drug-likeness (QED) is 0.817. The summed E-state index contributed by atoms with van der Waals surface area (Å²) >= 11 is 0. The molecule has 0 aliphatic carbocycles. The summed E-state index contributed by atoms with van der Waals surface area (Å²) in [4.78, 5) is 15.5. The molecule has 2 aliphatic rings. The number of anilines is 1. The Morgan fingerprint density at radius 2 is 2.26 bits per heavy atom. The third kappa shape index (κ3) is 2.02. The van der Waals surface area contributed by atoms with Crippen LogP contribution in [0.2, 0.25) is 0 Å². The summed E-state index contributed by atoms with van der Waals surface area (Å²) in [6.07, 6.45) is 0.